The molecule has 0 radical (unpaired) electrons. The van der Waals surface area contributed by atoms with Crippen LogP contribution in [-0.2, 0) is 4.79 Å². The Morgan fingerprint density at radius 1 is 1.39 bits per heavy atom. The lowest BCUT2D eigenvalue weighted by Gasteiger charge is -2.08. The van der Waals surface area contributed by atoms with Gasteiger partial charge in [0.1, 0.15) is 5.75 Å². The Balaban J connectivity index is 1.91. The highest BCUT2D eigenvalue weighted by Gasteiger charge is 2.06. The quantitative estimate of drug-likeness (QED) is 0.342. The van der Waals surface area contributed by atoms with Gasteiger partial charge in [0.05, 0.1) is 16.3 Å². The Hall–Kier alpha value is -1.61. The summed E-state index contributed by atoms with van der Waals surface area (Å²) < 4.78 is 1.53. The van der Waals surface area contributed by atoms with Gasteiger partial charge < -0.3 is 10.4 Å². The van der Waals surface area contributed by atoms with Gasteiger partial charge in [-0.05, 0) is 53.3 Å². The number of benzene rings is 2. The number of phenolic OH excluding ortho intramolecular Hbond substituents is 1. The van der Waals surface area contributed by atoms with E-state index in [0.29, 0.717) is 9.13 Å². The van der Waals surface area contributed by atoms with Crippen LogP contribution in [0.3, 0.4) is 0 Å². The van der Waals surface area contributed by atoms with Crippen molar-refractivity contribution in [3.63, 3.8) is 0 Å². The second-order valence-corrected chi connectivity index (χ2v) is 6.86. The lowest BCUT2D eigenvalue weighted by Crippen LogP contribution is -2.26. The van der Waals surface area contributed by atoms with E-state index in [1.807, 2.05) is 53.8 Å². The summed E-state index contributed by atoms with van der Waals surface area (Å²) >= 11 is 5.38. The van der Waals surface area contributed by atoms with Gasteiger partial charge in [-0.15, -0.1) is 0 Å². The van der Waals surface area contributed by atoms with Gasteiger partial charge in [-0.2, -0.15) is 5.10 Å². The number of aryl methyl sites for hydroxylation is 1. The number of aromatic hydroxyl groups is 1. The molecule has 0 unspecified atom stereocenters. The first-order chi connectivity index (χ1) is 11.0. The maximum Gasteiger partial charge on any atom is 0.259 e. The molecular weight excluding hydrogens is 473 g/mol. The van der Waals surface area contributed by atoms with Gasteiger partial charge in [-0.1, -0.05) is 34.1 Å². The number of nitrogens with one attached hydrogen (secondary N) is 2. The number of hydrogen-bond donors (Lipinski definition) is 3. The predicted octanol–water partition coefficient (Wildman–Crippen LogP) is 3.63. The van der Waals surface area contributed by atoms with Crippen LogP contribution in [0.1, 0.15) is 11.1 Å². The number of amides is 1. The summed E-state index contributed by atoms with van der Waals surface area (Å²) in [6.45, 7) is 2.08. The molecule has 0 aliphatic carbocycles. The molecule has 1 amide bonds. The van der Waals surface area contributed by atoms with Crippen LogP contribution in [0.2, 0.25) is 0 Å². The van der Waals surface area contributed by atoms with E-state index in [0.717, 1.165) is 15.7 Å². The van der Waals surface area contributed by atoms with E-state index in [4.69, 9.17) is 0 Å². The number of hydrogen-bond acceptors (Lipinski definition) is 4. The molecule has 0 aromatic heterocycles. The zero-order valence-corrected chi connectivity index (χ0v) is 16.1. The highest BCUT2D eigenvalue weighted by Crippen LogP contribution is 2.27. The average molecular weight is 488 g/mol. The van der Waals surface area contributed by atoms with Crippen molar-refractivity contribution in [2.75, 3.05) is 11.9 Å². The lowest BCUT2D eigenvalue weighted by molar-refractivity contribution is -0.119. The largest absolute Gasteiger partial charge is 0.506 e. The van der Waals surface area contributed by atoms with Gasteiger partial charge in [-0.3, -0.25) is 4.79 Å². The second-order valence-electron chi connectivity index (χ2n) is 4.79. The summed E-state index contributed by atoms with van der Waals surface area (Å²) in [6.07, 6.45) is 1.41. The third-order valence-electron chi connectivity index (χ3n) is 3.04. The molecule has 2 aromatic carbocycles. The molecule has 23 heavy (non-hydrogen) atoms. The smallest absolute Gasteiger partial charge is 0.259 e. The van der Waals surface area contributed by atoms with Crippen LogP contribution in [0.5, 0.6) is 5.75 Å². The minimum absolute atomic E-state index is 0.115. The average Bonchev–Trinajstić information content (AvgIpc) is 2.51. The van der Waals surface area contributed by atoms with Crippen molar-refractivity contribution in [2.45, 2.75) is 6.92 Å². The number of anilines is 1. The van der Waals surface area contributed by atoms with E-state index < -0.39 is 0 Å². The van der Waals surface area contributed by atoms with Crippen LogP contribution in [-0.4, -0.2) is 23.8 Å². The number of carbonyl (C=O) groups excluding carboxylic acids is 1. The first kappa shape index (κ1) is 17.7. The molecule has 0 aliphatic rings. The van der Waals surface area contributed by atoms with Crippen molar-refractivity contribution in [2.24, 2.45) is 5.10 Å². The minimum Gasteiger partial charge on any atom is -0.506 e. The van der Waals surface area contributed by atoms with Gasteiger partial charge in [0.25, 0.3) is 5.91 Å². The summed E-state index contributed by atoms with van der Waals surface area (Å²) in [5.41, 5.74) is 4.93. The first-order valence-electron chi connectivity index (χ1n) is 6.77. The monoisotopic (exact) mass is 487 g/mol. The zero-order valence-electron chi connectivity index (χ0n) is 12.3. The Kier molecular flexibility index (Phi) is 6.40. The molecule has 0 bridgehead atoms. The highest BCUT2D eigenvalue weighted by atomic mass is 127. The van der Waals surface area contributed by atoms with Crippen molar-refractivity contribution < 1.29 is 9.90 Å². The Labute approximate surface area is 156 Å². The molecule has 120 valence electrons. The number of nitrogens with zero attached hydrogens (tertiary/aromatic N) is 1. The van der Waals surface area contributed by atoms with E-state index in [-0.39, 0.29) is 18.2 Å². The summed E-state index contributed by atoms with van der Waals surface area (Å²) in [5.74, 6) is -0.140. The summed E-state index contributed by atoms with van der Waals surface area (Å²) in [7, 11) is 0. The van der Waals surface area contributed by atoms with Crippen molar-refractivity contribution in [3.05, 3.63) is 55.6 Å². The summed E-state index contributed by atoms with van der Waals surface area (Å²) in [5, 5.41) is 16.8. The van der Waals surface area contributed by atoms with Crippen molar-refractivity contribution in [1.29, 1.82) is 0 Å². The fraction of sp³-hybridized carbons (Fsp3) is 0.125. The zero-order chi connectivity index (χ0) is 16.8. The fourth-order valence-electron chi connectivity index (χ4n) is 1.84. The van der Waals surface area contributed by atoms with Gasteiger partial charge in [-0.25, -0.2) is 5.43 Å². The van der Waals surface area contributed by atoms with Crippen LogP contribution in [0, 0.1) is 10.5 Å². The van der Waals surface area contributed by atoms with E-state index in [1.165, 1.54) is 6.21 Å². The van der Waals surface area contributed by atoms with Crippen LogP contribution < -0.4 is 10.7 Å². The molecule has 5 nitrogen and oxygen atoms in total. The number of para-hydroxylation sites is 1. The van der Waals surface area contributed by atoms with Gasteiger partial charge in [0.2, 0.25) is 0 Å². The van der Waals surface area contributed by atoms with Crippen LogP contribution >= 0.6 is 38.5 Å². The van der Waals surface area contributed by atoms with E-state index in [2.05, 4.69) is 31.8 Å². The number of hydrazone groups is 1. The minimum atomic E-state index is -0.270. The number of carbonyl (C=O) groups is 1. The molecule has 3 N–H and O–H groups in total. The molecule has 2 aromatic rings. The van der Waals surface area contributed by atoms with Gasteiger partial charge >= 0.3 is 0 Å². The van der Waals surface area contributed by atoms with Crippen molar-refractivity contribution in [1.82, 2.24) is 5.43 Å². The predicted molar refractivity (Wildman–Crippen MR) is 104 cm³/mol. The van der Waals surface area contributed by atoms with Crippen molar-refractivity contribution in [3.8, 4) is 5.75 Å². The van der Waals surface area contributed by atoms with E-state index in [9.17, 15) is 9.90 Å². The third-order valence-corrected chi connectivity index (χ3v) is 4.32. The molecule has 0 saturated heterocycles. The van der Waals surface area contributed by atoms with Crippen LogP contribution in [0.4, 0.5) is 5.69 Å². The van der Waals surface area contributed by atoms with Gasteiger partial charge in [0, 0.05) is 15.7 Å². The second kappa shape index (κ2) is 8.30. The number of rotatable bonds is 5. The summed E-state index contributed by atoms with van der Waals surface area (Å²) in [6, 6.07) is 11.2. The summed E-state index contributed by atoms with van der Waals surface area (Å²) in [4.78, 5) is 11.8. The maximum absolute atomic E-state index is 11.8. The first-order valence-corrected chi connectivity index (χ1v) is 8.64. The molecule has 0 spiro atoms. The Bertz CT molecular complexity index is 750. The number of halogens is 2. The molecule has 7 heteroatoms. The third kappa shape index (κ3) is 5.21. The SMILES string of the molecule is Cc1ccccc1NCC(=O)N/N=C\c1cc(Br)cc(I)c1O. The Morgan fingerprint density at radius 3 is 2.87 bits per heavy atom. The maximum atomic E-state index is 11.8. The topological polar surface area (TPSA) is 73.7 Å². The lowest BCUT2D eigenvalue weighted by atomic mass is 10.2. The molecule has 0 fully saturated rings. The normalized spacial score (nSPS) is 10.7. The fourth-order valence-corrected chi connectivity index (χ4v) is 3.39. The molecule has 2 rings (SSSR count). The standard InChI is InChI=1S/C16H15BrIN3O2/c1-10-4-2-3-5-14(10)19-9-15(22)21-20-8-11-6-12(17)7-13(18)16(11)23/h2-8,19,23H,9H2,1H3,(H,21,22)/b20-8-. The highest BCUT2D eigenvalue weighted by molar-refractivity contribution is 14.1. The molecule has 0 atom stereocenters. The Morgan fingerprint density at radius 2 is 2.13 bits per heavy atom. The number of phenols is 1. The van der Waals surface area contributed by atoms with E-state index in [1.54, 1.807) is 12.1 Å². The molecule has 0 heterocycles. The van der Waals surface area contributed by atoms with Crippen LogP contribution in [0.25, 0.3) is 0 Å². The molecule has 0 saturated carbocycles. The van der Waals surface area contributed by atoms with E-state index >= 15 is 0 Å². The van der Waals surface area contributed by atoms with Gasteiger partial charge in [0.15, 0.2) is 0 Å². The molecular formula is C16H15BrIN3O2. The van der Waals surface area contributed by atoms with Crippen LogP contribution in [0.15, 0.2) is 46.0 Å². The molecule has 0 aliphatic heterocycles. The van der Waals surface area contributed by atoms with Crippen molar-refractivity contribution >= 4 is 56.3 Å².